The fourth-order valence-corrected chi connectivity index (χ4v) is 7.47. The monoisotopic (exact) mass is 588 g/mol. The van der Waals surface area contributed by atoms with E-state index in [4.69, 9.17) is 4.74 Å². The number of thioether (sulfide) groups is 1. The number of hydrogen-bond donors (Lipinski definition) is 0. The van der Waals surface area contributed by atoms with Crippen LogP contribution in [0.5, 0.6) is 5.75 Å². The molecule has 2 aliphatic rings. The Labute approximate surface area is 249 Å². The van der Waals surface area contributed by atoms with Crippen molar-refractivity contribution in [2.24, 2.45) is 0 Å². The van der Waals surface area contributed by atoms with Gasteiger partial charge in [0.05, 0.1) is 23.7 Å². The Morgan fingerprint density at radius 2 is 1.71 bits per heavy atom. The normalized spacial score (nSPS) is 17.4. The highest BCUT2D eigenvalue weighted by molar-refractivity contribution is 7.99. The number of benzene rings is 2. The lowest BCUT2D eigenvalue weighted by molar-refractivity contribution is 0.116. The van der Waals surface area contributed by atoms with E-state index in [2.05, 4.69) is 26.9 Å². The topological polar surface area (TPSA) is 50.6 Å². The van der Waals surface area contributed by atoms with Crippen molar-refractivity contribution in [3.8, 4) is 16.9 Å². The third-order valence-electron chi connectivity index (χ3n) is 8.38. The van der Waals surface area contributed by atoms with Gasteiger partial charge in [-0.1, -0.05) is 30.3 Å². The number of aromatic nitrogens is 2. The second-order valence-electron chi connectivity index (χ2n) is 10.9. The third-order valence-corrected chi connectivity index (χ3v) is 9.65. The molecule has 0 bridgehead atoms. The summed E-state index contributed by atoms with van der Waals surface area (Å²) in [5, 5.41) is 0.856. The lowest BCUT2D eigenvalue weighted by Crippen LogP contribution is -2.48. The standard InChI is InChI=1S/C33H34F2N4O2S/c1-22-27(18-24-6-3-4-8-28(24)34)33-39(32(40)30(22)26-7-5-9-29(41-2)31(26)35)25(21-42-33)20-38-16-14-37(15-17-38)19-23-10-12-36-13-11-23/h3-13,25H,14-21H2,1-2H3. The van der Waals surface area contributed by atoms with Crippen LogP contribution in [-0.4, -0.2) is 64.9 Å². The van der Waals surface area contributed by atoms with Gasteiger partial charge in [-0.3, -0.25) is 24.1 Å². The molecule has 4 heterocycles. The van der Waals surface area contributed by atoms with Crippen LogP contribution in [0.3, 0.4) is 0 Å². The van der Waals surface area contributed by atoms with Gasteiger partial charge in [0, 0.05) is 69.4 Å². The molecule has 6 nitrogen and oxygen atoms in total. The number of hydrogen-bond acceptors (Lipinski definition) is 6. The molecule has 4 aromatic rings. The summed E-state index contributed by atoms with van der Waals surface area (Å²) in [7, 11) is 1.41. The molecule has 1 unspecified atom stereocenters. The van der Waals surface area contributed by atoms with Gasteiger partial charge in [0.2, 0.25) is 0 Å². The molecule has 6 rings (SSSR count). The van der Waals surface area contributed by atoms with Crippen LogP contribution >= 0.6 is 11.8 Å². The fraction of sp³-hybridized carbons (Fsp3) is 0.333. The Hall–Kier alpha value is -3.53. The molecular weight excluding hydrogens is 554 g/mol. The van der Waals surface area contributed by atoms with Crippen molar-refractivity contribution < 1.29 is 13.5 Å². The predicted molar refractivity (Wildman–Crippen MR) is 162 cm³/mol. The number of halogens is 2. The van der Waals surface area contributed by atoms with E-state index in [-0.39, 0.29) is 28.7 Å². The van der Waals surface area contributed by atoms with Gasteiger partial charge >= 0.3 is 0 Å². The number of nitrogens with zero attached hydrogens (tertiary/aromatic N) is 4. The van der Waals surface area contributed by atoms with Crippen LogP contribution < -0.4 is 10.3 Å². The minimum absolute atomic E-state index is 0.0726. The van der Waals surface area contributed by atoms with Gasteiger partial charge in [-0.15, -0.1) is 11.8 Å². The smallest absolute Gasteiger partial charge is 0.260 e. The lowest BCUT2D eigenvalue weighted by atomic mass is 9.94. The van der Waals surface area contributed by atoms with Crippen LogP contribution in [0.1, 0.15) is 28.3 Å². The minimum Gasteiger partial charge on any atom is -0.494 e. The molecule has 218 valence electrons. The largest absolute Gasteiger partial charge is 0.494 e. The number of piperazine rings is 1. The summed E-state index contributed by atoms with van der Waals surface area (Å²) < 4.78 is 37.5. The van der Waals surface area contributed by atoms with Crippen LogP contribution in [0, 0.1) is 18.6 Å². The number of fused-ring (bicyclic) bond motifs is 1. The molecule has 2 aromatic carbocycles. The van der Waals surface area contributed by atoms with Crippen LogP contribution in [0.4, 0.5) is 8.78 Å². The van der Waals surface area contributed by atoms with E-state index >= 15 is 4.39 Å². The Kier molecular flexibility index (Phi) is 8.42. The summed E-state index contributed by atoms with van der Waals surface area (Å²) >= 11 is 1.64. The minimum atomic E-state index is -0.565. The molecule has 2 aromatic heterocycles. The van der Waals surface area contributed by atoms with Crippen molar-refractivity contribution in [3.05, 3.63) is 111 Å². The average molecular weight is 589 g/mol. The SMILES string of the molecule is COc1cccc(-c2c(C)c(Cc3ccccc3F)c3n(c2=O)C(CN2CCN(Cc4ccncc4)CC2)CS3)c1F. The van der Waals surface area contributed by atoms with Gasteiger partial charge in [-0.05, 0) is 53.4 Å². The molecule has 42 heavy (non-hydrogen) atoms. The maximum atomic E-state index is 15.6. The van der Waals surface area contributed by atoms with E-state index in [1.54, 1.807) is 42.1 Å². The molecule has 0 spiro atoms. The first-order valence-corrected chi connectivity index (χ1v) is 15.2. The molecule has 1 atom stereocenters. The van der Waals surface area contributed by atoms with Crippen molar-refractivity contribution in [1.29, 1.82) is 0 Å². The average Bonchev–Trinajstić information content (AvgIpc) is 3.42. The van der Waals surface area contributed by atoms with Crippen molar-refractivity contribution in [1.82, 2.24) is 19.4 Å². The molecule has 2 aliphatic heterocycles. The molecule has 0 aliphatic carbocycles. The quantitative estimate of drug-likeness (QED) is 0.269. The summed E-state index contributed by atoms with van der Waals surface area (Å²) in [6.07, 6.45) is 3.97. The van der Waals surface area contributed by atoms with Gasteiger partial charge in [0.25, 0.3) is 5.56 Å². The first-order chi connectivity index (χ1) is 20.4. The molecule has 1 saturated heterocycles. The van der Waals surface area contributed by atoms with Crippen molar-refractivity contribution in [2.45, 2.75) is 31.0 Å². The summed E-state index contributed by atoms with van der Waals surface area (Å²) in [6.45, 7) is 7.16. The second kappa shape index (κ2) is 12.4. The van der Waals surface area contributed by atoms with E-state index in [0.29, 0.717) is 23.1 Å². The zero-order chi connectivity index (χ0) is 29.2. The summed E-state index contributed by atoms with van der Waals surface area (Å²) in [6, 6.07) is 15.6. The summed E-state index contributed by atoms with van der Waals surface area (Å²) in [5.74, 6) is -0.0338. The maximum Gasteiger partial charge on any atom is 0.260 e. The van der Waals surface area contributed by atoms with E-state index in [0.717, 1.165) is 55.6 Å². The van der Waals surface area contributed by atoms with E-state index in [1.807, 2.05) is 30.0 Å². The molecule has 1 fully saturated rings. The van der Waals surface area contributed by atoms with E-state index in [9.17, 15) is 9.18 Å². The Bertz CT molecular complexity index is 1640. The summed E-state index contributed by atoms with van der Waals surface area (Å²) in [5.41, 5.74) is 3.66. The Balaban J connectivity index is 1.33. The van der Waals surface area contributed by atoms with Gasteiger partial charge in [-0.25, -0.2) is 8.78 Å². The van der Waals surface area contributed by atoms with E-state index in [1.165, 1.54) is 18.7 Å². The van der Waals surface area contributed by atoms with Crippen LogP contribution in [0.25, 0.3) is 11.1 Å². The predicted octanol–water partition coefficient (Wildman–Crippen LogP) is 5.56. The van der Waals surface area contributed by atoms with Gasteiger partial charge < -0.3 is 4.74 Å². The van der Waals surface area contributed by atoms with Gasteiger partial charge in [-0.2, -0.15) is 0 Å². The highest BCUT2D eigenvalue weighted by atomic mass is 32.2. The molecule has 0 radical (unpaired) electrons. The molecule has 0 amide bonds. The molecule has 9 heteroatoms. The van der Waals surface area contributed by atoms with E-state index < -0.39 is 5.82 Å². The van der Waals surface area contributed by atoms with Crippen LogP contribution in [0.2, 0.25) is 0 Å². The Morgan fingerprint density at radius 3 is 2.45 bits per heavy atom. The number of methoxy groups -OCH3 is 1. The summed E-state index contributed by atoms with van der Waals surface area (Å²) in [4.78, 5) is 23.2. The number of rotatable bonds is 8. The molecule has 0 N–H and O–H groups in total. The number of pyridine rings is 2. The van der Waals surface area contributed by atoms with Gasteiger partial charge in [0.1, 0.15) is 5.82 Å². The van der Waals surface area contributed by atoms with Gasteiger partial charge in [0.15, 0.2) is 11.6 Å². The molecule has 0 saturated carbocycles. The van der Waals surface area contributed by atoms with Crippen molar-refractivity contribution in [3.63, 3.8) is 0 Å². The highest BCUT2D eigenvalue weighted by Gasteiger charge is 2.33. The van der Waals surface area contributed by atoms with Crippen LogP contribution in [0.15, 0.2) is 76.8 Å². The van der Waals surface area contributed by atoms with Crippen LogP contribution in [-0.2, 0) is 13.0 Å². The maximum absolute atomic E-state index is 15.6. The first-order valence-electron chi connectivity index (χ1n) is 14.2. The zero-order valence-corrected chi connectivity index (χ0v) is 24.7. The second-order valence-corrected chi connectivity index (χ2v) is 12.0. The molecular formula is C33H34F2N4O2S. The Morgan fingerprint density at radius 1 is 0.976 bits per heavy atom. The zero-order valence-electron chi connectivity index (χ0n) is 23.9. The lowest BCUT2D eigenvalue weighted by Gasteiger charge is -2.36. The third kappa shape index (κ3) is 5.61. The fourth-order valence-electron chi connectivity index (χ4n) is 6.10. The highest BCUT2D eigenvalue weighted by Crippen LogP contribution is 2.41. The number of ether oxygens (including phenoxy) is 1. The van der Waals surface area contributed by atoms with Crippen molar-refractivity contribution >= 4 is 11.8 Å². The first kappa shape index (κ1) is 28.6. The van der Waals surface area contributed by atoms with Crippen molar-refractivity contribution in [2.75, 3.05) is 45.6 Å².